The van der Waals surface area contributed by atoms with Crippen LogP contribution in [0, 0.1) is 0 Å². The minimum atomic E-state index is 0.813. The number of aliphatic imine (C=N–C) groups is 1. The molecule has 0 amide bonds. The van der Waals surface area contributed by atoms with Crippen LogP contribution >= 0.6 is 0 Å². The van der Waals surface area contributed by atoms with Gasteiger partial charge >= 0.3 is 0 Å². The van der Waals surface area contributed by atoms with Gasteiger partial charge in [0.25, 0.3) is 0 Å². The SMILES string of the molecule is NC1=CC=C2N=CC=CC=C2C1. The molecule has 2 nitrogen and oxygen atoms in total. The van der Waals surface area contributed by atoms with E-state index in [1.807, 2.05) is 24.3 Å². The molecule has 0 saturated carbocycles. The average molecular weight is 158 g/mol. The van der Waals surface area contributed by atoms with Crippen LogP contribution in [0.3, 0.4) is 0 Å². The second-order valence-corrected chi connectivity index (χ2v) is 2.83. The standard InChI is InChI=1S/C10H10N2/c11-9-4-5-10-8(7-9)3-1-2-6-12-10/h1-6H,7,11H2. The molecule has 0 atom stereocenters. The normalized spacial score (nSPS) is 20.5. The van der Waals surface area contributed by atoms with Gasteiger partial charge in [0.2, 0.25) is 0 Å². The molecule has 12 heavy (non-hydrogen) atoms. The maximum atomic E-state index is 5.69. The van der Waals surface area contributed by atoms with E-state index in [4.69, 9.17) is 5.73 Å². The fourth-order valence-corrected chi connectivity index (χ4v) is 1.28. The minimum absolute atomic E-state index is 0.813. The maximum absolute atomic E-state index is 5.69. The number of allylic oxidation sites excluding steroid dienone is 7. The summed E-state index contributed by atoms with van der Waals surface area (Å²) in [7, 11) is 0. The van der Waals surface area contributed by atoms with Crippen molar-refractivity contribution in [1.29, 1.82) is 0 Å². The van der Waals surface area contributed by atoms with Crippen molar-refractivity contribution in [1.82, 2.24) is 0 Å². The predicted octanol–water partition coefficient (Wildman–Crippen LogP) is 1.68. The second-order valence-electron chi connectivity index (χ2n) is 2.83. The zero-order chi connectivity index (χ0) is 8.39. The first-order valence-corrected chi connectivity index (χ1v) is 3.93. The first kappa shape index (κ1) is 7.10. The Balaban J connectivity index is 2.43. The van der Waals surface area contributed by atoms with Crippen LogP contribution in [-0.4, -0.2) is 6.21 Å². The number of rotatable bonds is 0. The Bertz CT molecular complexity index is 341. The van der Waals surface area contributed by atoms with Gasteiger partial charge in [0, 0.05) is 18.3 Å². The summed E-state index contributed by atoms with van der Waals surface area (Å²) in [4.78, 5) is 4.26. The molecule has 1 aliphatic carbocycles. The van der Waals surface area contributed by atoms with Crippen LogP contribution in [0.15, 0.2) is 52.3 Å². The summed E-state index contributed by atoms with van der Waals surface area (Å²) < 4.78 is 0. The van der Waals surface area contributed by atoms with Gasteiger partial charge in [-0.3, -0.25) is 4.99 Å². The van der Waals surface area contributed by atoms with Crippen molar-refractivity contribution in [2.45, 2.75) is 6.42 Å². The fraction of sp³-hybridized carbons (Fsp3) is 0.100. The van der Waals surface area contributed by atoms with Crippen LogP contribution in [0.25, 0.3) is 0 Å². The van der Waals surface area contributed by atoms with Crippen molar-refractivity contribution < 1.29 is 0 Å². The van der Waals surface area contributed by atoms with E-state index in [0.717, 1.165) is 17.8 Å². The number of hydrogen-bond donors (Lipinski definition) is 1. The first-order valence-electron chi connectivity index (χ1n) is 3.93. The molecular weight excluding hydrogens is 148 g/mol. The zero-order valence-electron chi connectivity index (χ0n) is 6.70. The Hall–Kier alpha value is -1.57. The molecule has 1 heterocycles. The molecule has 0 saturated heterocycles. The van der Waals surface area contributed by atoms with Crippen molar-refractivity contribution in [2.75, 3.05) is 0 Å². The fourth-order valence-electron chi connectivity index (χ4n) is 1.28. The topological polar surface area (TPSA) is 38.4 Å². The second kappa shape index (κ2) is 2.81. The number of fused-ring (bicyclic) bond motifs is 1. The van der Waals surface area contributed by atoms with Crippen molar-refractivity contribution in [2.24, 2.45) is 10.7 Å². The molecule has 0 radical (unpaired) electrons. The largest absolute Gasteiger partial charge is 0.402 e. The van der Waals surface area contributed by atoms with Gasteiger partial charge in [0.1, 0.15) is 0 Å². The van der Waals surface area contributed by atoms with E-state index in [2.05, 4.69) is 11.1 Å². The van der Waals surface area contributed by atoms with Crippen molar-refractivity contribution in [3.05, 3.63) is 47.3 Å². The van der Waals surface area contributed by atoms with Gasteiger partial charge in [0.15, 0.2) is 0 Å². The molecular formula is C10H10N2. The molecule has 2 heteroatoms. The lowest BCUT2D eigenvalue weighted by atomic mass is 10.0. The summed E-state index contributed by atoms with van der Waals surface area (Å²) in [6.07, 6.45) is 12.4. The number of nitrogens with two attached hydrogens (primary N) is 1. The predicted molar refractivity (Wildman–Crippen MR) is 50.7 cm³/mol. The van der Waals surface area contributed by atoms with E-state index in [-0.39, 0.29) is 0 Å². The van der Waals surface area contributed by atoms with Crippen LogP contribution in [0.5, 0.6) is 0 Å². The van der Waals surface area contributed by atoms with Crippen LogP contribution in [0.1, 0.15) is 6.42 Å². The van der Waals surface area contributed by atoms with E-state index in [1.54, 1.807) is 6.21 Å². The van der Waals surface area contributed by atoms with E-state index in [9.17, 15) is 0 Å². The molecule has 0 unspecified atom stereocenters. The highest BCUT2D eigenvalue weighted by atomic mass is 14.7. The highest BCUT2D eigenvalue weighted by Crippen LogP contribution is 2.23. The van der Waals surface area contributed by atoms with E-state index in [1.165, 1.54) is 5.57 Å². The Morgan fingerprint density at radius 1 is 1.17 bits per heavy atom. The summed E-state index contributed by atoms with van der Waals surface area (Å²) in [6.45, 7) is 0. The molecule has 1 aliphatic heterocycles. The van der Waals surface area contributed by atoms with Crippen LogP contribution in [0.2, 0.25) is 0 Å². The molecule has 0 bridgehead atoms. The number of nitrogens with zero attached hydrogens (tertiary/aromatic N) is 1. The van der Waals surface area contributed by atoms with Gasteiger partial charge in [0.05, 0.1) is 5.70 Å². The van der Waals surface area contributed by atoms with Crippen LogP contribution in [0.4, 0.5) is 0 Å². The average Bonchev–Trinajstić information content (AvgIpc) is 2.28. The first-order chi connectivity index (χ1) is 5.86. The molecule has 2 N–H and O–H groups in total. The summed E-state index contributed by atoms with van der Waals surface area (Å²) in [5, 5.41) is 0. The lowest BCUT2D eigenvalue weighted by Gasteiger charge is -2.10. The maximum Gasteiger partial charge on any atom is 0.0666 e. The number of hydrogen-bond acceptors (Lipinski definition) is 2. The summed E-state index contributed by atoms with van der Waals surface area (Å²) in [5.41, 5.74) is 8.81. The van der Waals surface area contributed by atoms with Crippen molar-refractivity contribution in [3.63, 3.8) is 0 Å². The smallest absolute Gasteiger partial charge is 0.0666 e. The molecule has 2 rings (SSSR count). The van der Waals surface area contributed by atoms with Crippen LogP contribution in [-0.2, 0) is 0 Å². The molecule has 0 fully saturated rings. The van der Waals surface area contributed by atoms with Gasteiger partial charge in [-0.1, -0.05) is 12.2 Å². The quantitative estimate of drug-likeness (QED) is 0.572. The Morgan fingerprint density at radius 3 is 3.00 bits per heavy atom. The van der Waals surface area contributed by atoms with Gasteiger partial charge < -0.3 is 5.73 Å². The van der Waals surface area contributed by atoms with E-state index < -0.39 is 0 Å². The monoisotopic (exact) mass is 158 g/mol. The molecule has 60 valence electrons. The van der Waals surface area contributed by atoms with Gasteiger partial charge in [-0.25, -0.2) is 0 Å². The molecule has 0 aromatic heterocycles. The third kappa shape index (κ3) is 1.23. The summed E-state index contributed by atoms with van der Waals surface area (Å²) in [5.74, 6) is 0. The lowest BCUT2D eigenvalue weighted by molar-refractivity contribution is 1.05. The van der Waals surface area contributed by atoms with Gasteiger partial charge in [-0.05, 0) is 23.8 Å². The third-order valence-electron chi connectivity index (χ3n) is 1.89. The lowest BCUT2D eigenvalue weighted by Crippen LogP contribution is -2.03. The summed E-state index contributed by atoms with van der Waals surface area (Å²) in [6, 6.07) is 0. The minimum Gasteiger partial charge on any atom is -0.402 e. The highest BCUT2D eigenvalue weighted by Gasteiger charge is 2.08. The summed E-state index contributed by atoms with van der Waals surface area (Å²) >= 11 is 0. The highest BCUT2D eigenvalue weighted by molar-refractivity contribution is 5.75. The van der Waals surface area contributed by atoms with E-state index in [0.29, 0.717) is 0 Å². The molecule has 0 aromatic carbocycles. The Kier molecular flexibility index (Phi) is 1.67. The van der Waals surface area contributed by atoms with Gasteiger partial charge in [-0.2, -0.15) is 0 Å². The van der Waals surface area contributed by atoms with Crippen LogP contribution < -0.4 is 5.73 Å². The molecule has 0 aromatic rings. The molecule has 0 spiro atoms. The zero-order valence-corrected chi connectivity index (χ0v) is 6.70. The Labute approximate surface area is 71.5 Å². The third-order valence-corrected chi connectivity index (χ3v) is 1.89. The van der Waals surface area contributed by atoms with Gasteiger partial charge in [-0.15, -0.1) is 0 Å². The van der Waals surface area contributed by atoms with Crippen molar-refractivity contribution >= 4 is 6.21 Å². The van der Waals surface area contributed by atoms with E-state index >= 15 is 0 Å². The Morgan fingerprint density at radius 2 is 2.08 bits per heavy atom. The van der Waals surface area contributed by atoms with Crippen molar-refractivity contribution in [3.8, 4) is 0 Å². The molecule has 2 aliphatic rings.